The molecule has 17 heavy (non-hydrogen) atoms. The summed E-state index contributed by atoms with van der Waals surface area (Å²) in [5.41, 5.74) is 5.56. The molecule has 0 saturated carbocycles. The molecule has 0 radical (unpaired) electrons. The topological polar surface area (TPSA) is 55.6 Å². The lowest BCUT2D eigenvalue weighted by Gasteiger charge is -2.30. The summed E-state index contributed by atoms with van der Waals surface area (Å²) >= 11 is 0. The van der Waals surface area contributed by atoms with Gasteiger partial charge >= 0.3 is 0 Å². The highest BCUT2D eigenvalue weighted by molar-refractivity contribution is 5.88. The van der Waals surface area contributed by atoms with E-state index in [1.54, 1.807) is 0 Å². The zero-order valence-electron chi connectivity index (χ0n) is 12.0. The second-order valence-electron chi connectivity index (χ2n) is 5.13. The number of rotatable bonds is 3. The summed E-state index contributed by atoms with van der Waals surface area (Å²) < 4.78 is 5.24. The van der Waals surface area contributed by atoms with E-state index >= 15 is 0 Å². The molecule has 0 amide bonds. The van der Waals surface area contributed by atoms with Crippen molar-refractivity contribution in [1.29, 1.82) is 0 Å². The van der Waals surface area contributed by atoms with Crippen LogP contribution in [0.4, 0.5) is 0 Å². The van der Waals surface area contributed by atoms with E-state index in [0.29, 0.717) is 6.54 Å². The van der Waals surface area contributed by atoms with E-state index in [0.717, 1.165) is 26.3 Å². The largest absolute Gasteiger partial charge is 0.379 e. The molecule has 0 aromatic rings. The molecule has 1 atom stereocenters. The molecule has 1 aliphatic rings. The summed E-state index contributed by atoms with van der Waals surface area (Å²) in [6, 6.07) is -0.372. The van der Waals surface area contributed by atoms with Crippen molar-refractivity contribution in [3.8, 4) is 0 Å². The maximum atomic E-state index is 11.9. The lowest BCUT2D eigenvalue weighted by molar-refractivity contribution is -0.128. The summed E-state index contributed by atoms with van der Waals surface area (Å²) in [6.45, 7) is 13.6. The van der Waals surface area contributed by atoms with Gasteiger partial charge in [0, 0.05) is 26.5 Å². The standard InChI is InChI=1S/C11H22N2O2.C2H6.H2/c1-11(2,3)10(14)9(12)8-13-4-6-15-7-5-13;1-2;/h9H,4-8,12H2,1-3H3;1-2H3;1H/t9-;;/m0../s1. The van der Waals surface area contributed by atoms with Gasteiger partial charge in [0.05, 0.1) is 19.3 Å². The van der Waals surface area contributed by atoms with E-state index < -0.39 is 0 Å². The van der Waals surface area contributed by atoms with Crippen molar-refractivity contribution in [1.82, 2.24) is 4.90 Å². The van der Waals surface area contributed by atoms with Crippen LogP contribution in [0.1, 0.15) is 36.0 Å². The van der Waals surface area contributed by atoms with Gasteiger partial charge in [0.25, 0.3) is 0 Å². The molecule has 0 bridgehead atoms. The Balaban J connectivity index is 0. The SMILES string of the molecule is CC.CC(C)(C)C(=O)[C@@H](N)CN1CCOCC1.[HH]. The van der Waals surface area contributed by atoms with Gasteiger partial charge in [0.1, 0.15) is 0 Å². The van der Waals surface area contributed by atoms with Crippen LogP contribution in [0.5, 0.6) is 0 Å². The quantitative estimate of drug-likeness (QED) is 0.820. The zero-order chi connectivity index (χ0) is 13.5. The molecular formula is C13H30N2O2. The number of carbonyl (C=O) groups is 1. The minimum absolute atomic E-state index is 0. The van der Waals surface area contributed by atoms with Gasteiger partial charge in [-0.1, -0.05) is 34.6 Å². The predicted molar refractivity (Wildman–Crippen MR) is 73.2 cm³/mol. The molecule has 0 aliphatic carbocycles. The number of morpholine rings is 1. The fourth-order valence-electron chi connectivity index (χ4n) is 1.70. The maximum Gasteiger partial charge on any atom is 0.156 e. The predicted octanol–water partition coefficient (Wildman–Crippen LogP) is 1.53. The van der Waals surface area contributed by atoms with Crippen LogP contribution in [-0.2, 0) is 9.53 Å². The number of hydrogen-bond donors (Lipinski definition) is 1. The number of ether oxygens (including phenoxy) is 1. The van der Waals surface area contributed by atoms with Crippen LogP contribution < -0.4 is 5.73 Å². The number of nitrogens with two attached hydrogens (primary N) is 1. The fourth-order valence-corrected chi connectivity index (χ4v) is 1.70. The molecule has 1 heterocycles. The molecule has 0 spiro atoms. The number of ketones is 1. The lowest BCUT2D eigenvalue weighted by atomic mass is 9.86. The molecule has 1 saturated heterocycles. The molecule has 4 nitrogen and oxygen atoms in total. The number of carbonyl (C=O) groups excluding carboxylic acids is 1. The molecular weight excluding hydrogens is 216 g/mol. The number of hydrogen-bond acceptors (Lipinski definition) is 4. The third-order valence-corrected chi connectivity index (χ3v) is 2.63. The number of nitrogens with zero attached hydrogens (tertiary/aromatic N) is 1. The Morgan fingerprint density at radius 2 is 1.82 bits per heavy atom. The van der Waals surface area contributed by atoms with Crippen LogP contribution >= 0.6 is 0 Å². The first-order valence-corrected chi connectivity index (χ1v) is 6.51. The molecule has 1 aliphatic heterocycles. The van der Waals surface area contributed by atoms with Crippen molar-refractivity contribution in [2.75, 3.05) is 32.8 Å². The summed E-state index contributed by atoms with van der Waals surface area (Å²) in [5.74, 6) is 0.133. The Labute approximate surface area is 107 Å². The Kier molecular flexibility index (Phi) is 7.59. The van der Waals surface area contributed by atoms with Crippen molar-refractivity contribution in [2.45, 2.75) is 40.7 Å². The summed E-state index contributed by atoms with van der Waals surface area (Å²) in [4.78, 5) is 14.0. The molecule has 1 fully saturated rings. The first kappa shape index (κ1) is 16.6. The highest BCUT2D eigenvalue weighted by Crippen LogP contribution is 2.16. The first-order chi connectivity index (χ1) is 7.91. The van der Waals surface area contributed by atoms with Crippen LogP contribution in [0.15, 0.2) is 0 Å². The second kappa shape index (κ2) is 7.80. The smallest absolute Gasteiger partial charge is 0.156 e. The average molecular weight is 246 g/mol. The Hall–Kier alpha value is -0.450. The van der Waals surface area contributed by atoms with Crippen molar-refractivity contribution < 1.29 is 11.0 Å². The molecule has 1 rings (SSSR count). The minimum Gasteiger partial charge on any atom is -0.379 e. The fraction of sp³-hybridized carbons (Fsp3) is 0.923. The van der Waals surface area contributed by atoms with Gasteiger partial charge in [-0.25, -0.2) is 0 Å². The van der Waals surface area contributed by atoms with Crippen LogP contribution in [0.2, 0.25) is 0 Å². The zero-order valence-corrected chi connectivity index (χ0v) is 12.0. The normalized spacial score (nSPS) is 19.2. The van der Waals surface area contributed by atoms with E-state index in [9.17, 15) is 4.79 Å². The molecule has 0 aromatic heterocycles. The van der Waals surface area contributed by atoms with Gasteiger partial charge in [-0.2, -0.15) is 0 Å². The molecule has 104 valence electrons. The monoisotopic (exact) mass is 246 g/mol. The third-order valence-electron chi connectivity index (χ3n) is 2.63. The molecule has 0 unspecified atom stereocenters. The van der Waals surface area contributed by atoms with Crippen LogP contribution in [0.25, 0.3) is 0 Å². The summed E-state index contributed by atoms with van der Waals surface area (Å²) in [7, 11) is 0. The van der Waals surface area contributed by atoms with E-state index in [1.807, 2.05) is 34.6 Å². The van der Waals surface area contributed by atoms with Gasteiger partial charge in [0.2, 0.25) is 0 Å². The average Bonchev–Trinajstić information content (AvgIpc) is 2.30. The number of Topliss-reactive ketones (excluding diaryl/α,β-unsaturated/α-hetero) is 1. The second-order valence-corrected chi connectivity index (χ2v) is 5.13. The minimum atomic E-state index is -0.372. The Morgan fingerprint density at radius 3 is 2.24 bits per heavy atom. The van der Waals surface area contributed by atoms with Gasteiger partial charge in [-0.3, -0.25) is 9.69 Å². The van der Waals surface area contributed by atoms with Gasteiger partial charge in [0.15, 0.2) is 5.78 Å². The van der Waals surface area contributed by atoms with E-state index in [-0.39, 0.29) is 18.7 Å². The lowest BCUT2D eigenvalue weighted by Crippen LogP contribution is -2.49. The Morgan fingerprint density at radius 1 is 1.35 bits per heavy atom. The van der Waals surface area contributed by atoms with Crippen LogP contribution in [0.3, 0.4) is 0 Å². The van der Waals surface area contributed by atoms with E-state index in [1.165, 1.54) is 0 Å². The highest BCUT2D eigenvalue weighted by atomic mass is 16.5. The molecule has 0 aromatic carbocycles. The van der Waals surface area contributed by atoms with Gasteiger partial charge in [-0.15, -0.1) is 0 Å². The molecule has 2 N–H and O–H groups in total. The summed E-state index contributed by atoms with van der Waals surface area (Å²) in [5, 5.41) is 0. The first-order valence-electron chi connectivity index (χ1n) is 6.51. The van der Waals surface area contributed by atoms with Crippen molar-refractivity contribution in [3.05, 3.63) is 0 Å². The van der Waals surface area contributed by atoms with E-state index in [2.05, 4.69) is 4.90 Å². The van der Waals surface area contributed by atoms with Crippen LogP contribution in [0, 0.1) is 5.41 Å². The third kappa shape index (κ3) is 6.15. The van der Waals surface area contributed by atoms with Gasteiger partial charge < -0.3 is 10.5 Å². The van der Waals surface area contributed by atoms with Gasteiger partial charge in [-0.05, 0) is 0 Å². The van der Waals surface area contributed by atoms with Crippen molar-refractivity contribution in [3.63, 3.8) is 0 Å². The van der Waals surface area contributed by atoms with Crippen molar-refractivity contribution in [2.24, 2.45) is 11.1 Å². The summed E-state index contributed by atoms with van der Waals surface area (Å²) in [6.07, 6.45) is 0. The van der Waals surface area contributed by atoms with Crippen LogP contribution in [-0.4, -0.2) is 49.6 Å². The highest BCUT2D eigenvalue weighted by Gasteiger charge is 2.28. The Bertz CT molecular complexity index is 224. The van der Waals surface area contributed by atoms with E-state index in [4.69, 9.17) is 10.5 Å². The molecule has 4 heteroatoms. The van der Waals surface area contributed by atoms with Crippen molar-refractivity contribution >= 4 is 5.78 Å². The maximum absolute atomic E-state index is 11.9.